The fourth-order valence-corrected chi connectivity index (χ4v) is 5.91. The average molecular weight is 523 g/mol. The second-order valence-electron chi connectivity index (χ2n) is 7.37. The van der Waals surface area contributed by atoms with Gasteiger partial charge in [0.25, 0.3) is 11.6 Å². The molecular formula is C22H26N4O7S2. The first-order valence-corrected chi connectivity index (χ1v) is 12.9. The molecule has 13 heteroatoms. The van der Waals surface area contributed by atoms with Crippen molar-refractivity contribution < 1.29 is 27.6 Å². The van der Waals surface area contributed by atoms with Crippen molar-refractivity contribution in [3.05, 3.63) is 62.9 Å². The Morgan fingerprint density at radius 3 is 2.29 bits per heavy atom. The van der Waals surface area contributed by atoms with Crippen LogP contribution in [0.4, 0.5) is 5.69 Å². The number of ether oxygens (including phenoxy) is 2. The zero-order valence-electron chi connectivity index (χ0n) is 19.5. The molecule has 3 aromatic rings. The average Bonchev–Trinajstić information content (AvgIpc) is 3.19. The molecule has 0 aliphatic carbocycles. The third-order valence-electron chi connectivity index (χ3n) is 5.22. The summed E-state index contributed by atoms with van der Waals surface area (Å²) in [4.78, 5) is 28.1. The van der Waals surface area contributed by atoms with E-state index in [1.54, 1.807) is 10.6 Å². The van der Waals surface area contributed by atoms with Crippen LogP contribution in [0.3, 0.4) is 0 Å². The van der Waals surface area contributed by atoms with Gasteiger partial charge in [-0.25, -0.2) is 8.42 Å². The number of nitro benzene ring substituents is 1. The van der Waals surface area contributed by atoms with Gasteiger partial charge < -0.3 is 14.0 Å². The van der Waals surface area contributed by atoms with Crippen molar-refractivity contribution in [2.45, 2.75) is 18.4 Å². The van der Waals surface area contributed by atoms with Crippen LogP contribution in [-0.2, 0) is 26.0 Å². The summed E-state index contributed by atoms with van der Waals surface area (Å²) < 4.78 is 39.8. The van der Waals surface area contributed by atoms with Crippen LogP contribution in [0.5, 0.6) is 0 Å². The number of hydrogen-bond donors (Lipinski definition) is 0. The zero-order valence-corrected chi connectivity index (χ0v) is 21.2. The van der Waals surface area contributed by atoms with E-state index in [0.717, 1.165) is 5.52 Å². The quantitative estimate of drug-likeness (QED) is 0.279. The van der Waals surface area contributed by atoms with E-state index in [0.29, 0.717) is 16.0 Å². The smallest absolute Gasteiger partial charge is 0.279 e. The number of carbonyl (C=O) groups excluding carboxylic acids is 1. The highest BCUT2D eigenvalue weighted by molar-refractivity contribution is 7.89. The number of fused-ring (bicyclic) bond motifs is 1. The maximum absolute atomic E-state index is 13.0. The Morgan fingerprint density at radius 2 is 1.74 bits per heavy atom. The van der Waals surface area contributed by atoms with Crippen LogP contribution >= 0.6 is 11.3 Å². The second-order valence-corrected chi connectivity index (χ2v) is 10.3. The molecule has 0 radical (unpaired) electrons. The molecule has 2 aromatic carbocycles. The van der Waals surface area contributed by atoms with E-state index in [4.69, 9.17) is 9.47 Å². The first kappa shape index (κ1) is 26.6. The summed E-state index contributed by atoms with van der Waals surface area (Å²) in [7, 11) is -0.829. The van der Waals surface area contributed by atoms with Gasteiger partial charge in [-0.1, -0.05) is 11.3 Å². The van der Waals surface area contributed by atoms with Crippen molar-refractivity contribution in [1.82, 2.24) is 8.87 Å². The van der Waals surface area contributed by atoms with Crippen LogP contribution in [0.1, 0.15) is 17.3 Å². The number of amides is 1. The molecule has 1 aromatic heterocycles. The number of aryl methyl sites for hydroxylation is 1. The Labute approximate surface area is 206 Å². The minimum Gasteiger partial charge on any atom is -0.383 e. The van der Waals surface area contributed by atoms with Gasteiger partial charge >= 0.3 is 0 Å². The largest absolute Gasteiger partial charge is 0.383 e. The number of hydrogen-bond acceptors (Lipinski definition) is 8. The van der Waals surface area contributed by atoms with Gasteiger partial charge in [0.2, 0.25) is 10.0 Å². The van der Waals surface area contributed by atoms with Gasteiger partial charge in [0.1, 0.15) is 0 Å². The molecule has 0 N–H and O–H groups in total. The van der Waals surface area contributed by atoms with Crippen molar-refractivity contribution in [2.24, 2.45) is 4.99 Å². The highest BCUT2D eigenvalue weighted by Crippen LogP contribution is 2.23. The maximum atomic E-state index is 13.0. The number of sulfonamides is 1. The summed E-state index contributed by atoms with van der Waals surface area (Å²) in [6, 6.07) is 10.1. The van der Waals surface area contributed by atoms with Crippen LogP contribution in [0.2, 0.25) is 0 Å². The molecule has 0 bridgehead atoms. The summed E-state index contributed by atoms with van der Waals surface area (Å²) in [6.45, 7) is 3.19. The van der Waals surface area contributed by atoms with Gasteiger partial charge in [0.05, 0.1) is 33.2 Å². The number of carbonyl (C=O) groups is 1. The second kappa shape index (κ2) is 11.6. The number of non-ortho nitro benzene ring substituents is 1. The van der Waals surface area contributed by atoms with E-state index in [9.17, 15) is 23.3 Å². The van der Waals surface area contributed by atoms with E-state index >= 15 is 0 Å². The number of rotatable bonds is 11. The first-order valence-electron chi connectivity index (χ1n) is 10.7. The van der Waals surface area contributed by atoms with E-state index in [-0.39, 0.29) is 42.4 Å². The lowest BCUT2D eigenvalue weighted by Crippen LogP contribution is -2.36. The van der Waals surface area contributed by atoms with Crippen molar-refractivity contribution >= 4 is 43.2 Å². The minimum absolute atomic E-state index is 0.0401. The molecule has 1 amide bonds. The van der Waals surface area contributed by atoms with Crippen molar-refractivity contribution in [1.29, 1.82) is 0 Å². The molecule has 0 fully saturated rings. The van der Waals surface area contributed by atoms with Crippen molar-refractivity contribution in [3.8, 4) is 0 Å². The molecule has 0 spiro atoms. The third-order valence-corrected chi connectivity index (χ3v) is 8.17. The molecule has 0 saturated heterocycles. The predicted molar refractivity (Wildman–Crippen MR) is 131 cm³/mol. The molecule has 0 aliphatic heterocycles. The lowest BCUT2D eigenvalue weighted by molar-refractivity contribution is -0.384. The van der Waals surface area contributed by atoms with Gasteiger partial charge in [-0.2, -0.15) is 9.30 Å². The molecule has 0 unspecified atom stereocenters. The molecule has 35 heavy (non-hydrogen) atoms. The molecule has 0 saturated carbocycles. The van der Waals surface area contributed by atoms with E-state index in [1.165, 1.54) is 66.3 Å². The highest BCUT2D eigenvalue weighted by atomic mass is 32.2. The standard InChI is InChI=1S/C22H26N4O7S2/c1-4-25-19-10-7-17(26(28)29)15-20(19)34-22(25)23-21(27)16-5-8-18(9-6-16)35(30,31)24(11-13-32-2)12-14-33-3/h5-10,15H,4,11-14H2,1-3H3. The Kier molecular flexibility index (Phi) is 8.86. The van der Waals surface area contributed by atoms with Gasteiger partial charge in [-0.05, 0) is 37.3 Å². The third kappa shape index (κ3) is 6.00. The van der Waals surface area contributed by atoms with Gasteiger partial charge in [0, 0.05) is 51.6 Å². The van der Waals surface area contributed by atoms with Crippen molar-refractivity contribution in [2.75, 3.05) is 40.5 Å². The Balaban J connectivity index is 1.91. The number of benzene rings is 2. The van der Waals surface area contributed by atoms with E-state index in [2.05, 4.69) is 4.99 Å². The van der Waals surface area contributed by atoms with E-state index in [1.807, 2.05) is 6.92 Å². The zero-order chi connectivity index (χ0) is 25.6. The molecule has 11 nitrogen and oxygen atoms in total. The first-order chi connectivity index (χ1) is 16.7. The normalized spacial score (nSPS) is 12.5. The molecule has 0 atom stereocenters. The van der Waals surface area contributed by atoms with Crippen molar-refractivity contribution in [3.63, 3.8) is 0 Å². The number of aromatic nitrogens is 1. The fraction of sp³-hybridized carbons (Fsp3) is 0.364. The molecule has 188 valence electrons. The maximum Gasteiger partial charge on any atom is 0.279 e. The molecular weight excluding hydrogens is 496 g/mol. The van der Waals surface area contributed by atoms with E-state index < -0.39 is 20.9 Å². The van der Waals surface area contributed by atoms with Gasteiger partial charge in [-0.15, -0.1) is 0 Å². The van der Waals surface area contributed by atoms with Crippen LogP contribution < -0.4 is 4.80 Å². The lowest BCUT2D eigenvalue weighted by atomic mass is 10.2. The Hall–Kier alpha value is -2.97. The SMILES string of the molecule is CCn1c(=NC(=O)c2ccc(S(=O)(=O)N(CCOC)CCOC)cc2)sc2cc([N+](=O)[O-])ccc21. The highest BCUT2D eigenvalue weighted by Gasteiger charge is 2.24. The number of nitro groups is 1. The van der Waals surface area contributed by atoms with Crippen LogP contribution in [0, 0.1) is 10.1 Å². The molecule has 3 rings (SSSR count). The number of methoxy groups -OCH3 is 2. The van der Waals surface area contributed by atoms with Crippen LogP contribution in [-0.4, -0.2) is 68.6 Å². The van der Waals surface area contributed by atoms with Gasteiger partial charge in [-0.3, -0.25) is 14.9 Å². The van der Waals surface area contributed by atoms with Gasteiger partial charge in [0.15, 0.2) is 4.80 Å². The summed E-state index contributed by atoms with van der Waals surface area (Å²) in [5.41, 5.74) is 0.917. The Morgan fingerprint density at radius 1 is 1.11 bits per heavy atom. The summed E-state index contributed by atoms with van der Waals surface area (Å²) in [6.07, 6.45) is 0. The topological polar surface area (TPSA) is 133 Å². The molecule has 1 heterocycles. The van der Waals surface area contributed by atoms with Crippen LogP contribution in [0.25, 0.3) is 10.2 Å². The monoisotopic (exact) mass is 522 g/mol. The lowest BCUT2D eigenvalue weighted by Gasteiger charge is -2.21. The number of nitrogens with zero attached hydrogens (tertiary/aromatic N) is 4. The minimum atomic E-state index is -3.81. The molecule has 0 aliphatic rings. The summed E-state index contributed by atoms with van der Waals surface area (Å²) >= 11 is 1.17. The predicted octanol–water partition coefficient (Wildman–Crippen LogP) is 2.66. The van der Waals surface area contributed by atoms with Crippen LogP contribution in [0.15, 0.2) is 52.4 Å². The fourth-order valence-electron chi connectivity index (χ4n) is 3.37. The summed E-state index contributed by atoms with van der Waals surface area (Å²) in [5.74, 6) is -0.548. The summed E-state index contributed by atoms with van der Waals surface area (Å²) in [5, 5.41) is 11.1. The Bertz CT molecular complexity index is 1370. The number of thiazole rings is 1.